The van der Waals surface area contributed by atoms with Crippen molar-refractivity contribution < 1.29 is 4.79 Å². The van der Waals surface area contributed by atoms with Gasteiger partial charge in [-0.25, -0.2) is 0 Å². The van der Waals surface area contributed by atoms with Crippen molar-refractivity contribution in [2.75, 3.05) is 29.1 Å². The molecule has 2 aromatic rings. The molecule has 0 atom stereocenters. The number of hydrogen-bond acceptors (Lipinski definition) is 3. The molecule has 1 amide bonds. The van der Waals surface area contributed by atoms with E-state index >= 15 is 0 Å². The van der Waals surface area contributed by atoms with E-state index in [-0.39, 0.29) is 11.3 Å². The second kappa shape index (κ2) is 9.23. The average molecular weight is 417 g/mol. The molecule has 0 aliphatic carbocycles. The Hall–Kier alpha value is -1.65. The van der Waals surface area contributed by atoms with E-state index in [0.717, 1.165) is 29.4 Å². The lowest BCUT2D eigenvalue weighted by atomic mass is 9.87. The van der Waals surface area contributed by atoms with E-state index < -0.39 is 0 Å². The van der Waals surface area contributed by atoms with Gasteiger partial charge in [0.1, 0.15) is 0 Å². The second-order valence-electron chi connectivity index (χ2n) is 8.32. The van der Waals surface area contributed by atoms with Crippen LogP contribution >= 0.6 is 23.4 Å². The number of hydrogen-bond donors (Lipinski definition) is 1. The molecular weight excluding hydrogens is 388 g/mol. The topological polar surface area (TPSA) is 32.3 Å². The normalized spacial score (nSPS) is 14.8. The summed E-state index contributed by atoms with van der Waals surface area (Å²) in [6.45, 7) is 8.66. The van der Waals surface area contributed by atoms with Gasteiger partial charge in [-0.15, -0.1) is 11.8 Å². The molecule has 1 saturated heterocycles. The number of piperidine rings is 1. The molecule has 5 heteroatoms. The number of thioether (sulfide) groups is 1. The van der Waals surface area contributed by atoms with Gasteiger partial charge < -0.3 is 10.2 Å². The molecule has 1 N–H and O–H groups in total. The van der Waals surface area contributed by atoms with E-state index in [1.54, 1.807) is 11.8 Å². The first kappa shape index (κ1) is 21.1. The highest BCUT2D eigenvalue weighted by atomic mass is 35.5. The molecule has 1 fully saturated rings. The molecule has 0 unspecified atom stereocenters. The molecule has 3 rings (SSSR count). The Kier molecular flexibility index (Phi) is 6.95. The number of carbonyl (C=O) groups excluding carboxylic acids is 1. The van der Waals surface area contributed by atoms with E-state index in [9.17, 15) is 4.79 Å². The molecule has 1 heterocycles. The lowest BCUT2D eigenvalue weighted by Gasteiger charge is -2.30. The lowest BCUT2D eigenvalue weighted by molar-refractivity contribution is -0.113. The first-order valence-corrected chi connectivity index (χ1v) is 11.3. The molecule has 1 aliphatic rings. The Labute approximate surface area is 177 Å². The van der Waals surface area contributed by atoms with Gasteiger partial charge in [0.25, 0.3) is 0 Å². The Bertz CT molecular complexity index is 808. The van der Waals surface area contributed by atoms with Gasteiger partial charge in [0, 0.05) is 23.0 Å². The molecule has 28 heavy (non-hydrogen) atoms. The van der Waals surface area contributed by atoms with E-state index in [0.29, 0.717) is 10.8 Å². The Balaban J connectivity index is 1.62. The highest BCUT2D eigenvalue weighted by Gasteiger charge is 2.17. The first-order chi connectivity index (χ1) is 13.3. The van der Waals surface area contributed by atoms with Crippen LogP contribution in [0.1, 0.15) is 45.6 Å². The van der Waals surface area contributed by atoms with Gasteiger partial charge in [-0.1, -0.05) is 44.5 Å². The molecular formula is C23H29ClN2OS. The van der Waals surface area contributed by atoms with Crippen LogP contribution in [0.2, 0.25) is 5.02 Å². The van der Waals surface area contributed by atoms with E-state index in [4.69, 9.17) is 11.6 Å². The van der Waals surface area contributed by atoms with E-state index in [1.807, 2.05) is 18.2 Å². The molecule has 3 nitrogen and oxygen atoms in total. The number of halogens is 1. The third kappa shape index (κ3) is 5.68. The largest absolute Gasteiger partial charge is 0.370 e. The zero-order valence-electron chi connectivity index (χ0n) is 16.9. The van der Waals surface area contributed by atoms with Gasteiger partial charge in [-0.2, -0.15) is 0 Å². The fourth-order valence-corrected chi connectivity index (χ4v) is 4.28. The monoisotopic (exact) mass is 416 g/mol. The van der Waals surface area contributed by atoms with Crippen LogP contribution < -0.4 is 10.2 Å². The highest BCUT2D eigenvalue weighted by molar-refractivity contribution is 8.00. The van der Waals surface area contributed by atoms with Crippen molar-refractivity contribution in [2.45, 2.75) is 50.3 Å². The van der Waals surface area contributed by atoms with Crippen LogP contribution in [0, 0.1) is 0 Å². The Morgan fingerprint density at radius 1 is 1.07 bits per heavy atom. The van der Waals surface area contributed by atoms with Crippen molar-refractivity contribution in [2.24, 2.45) is 0 Å². The van der Waals surface area contributed by atoms with Crippen molar-refractivity contribution in [1.29, 1.82) is 0 Å². The van der Waals surface area contributed by atoms with Gasteiger partial charge in [0.2, 0.25) is 5.91 Å². The summed E-state index contributed by atoms with van der Waals surface area (Å²) in [6.07, 6.45) is 3.66. The van der Waals surface area contributed by atoms with Gasteiger partial charge in [0.15, 0.2) is 0 Å². The average Bonchev–Trinajstić information content (AvgIpc) is 2.67. The Morgan fingerprint density at radius 2 is 1.75 bits per heavy atom. The third-order valence-electron chi connectivity index (χ3n) is 5.02. The van der Waals surface area contributed by atoms with Gasteiger partial charge in [-0.3, -0.25) is 4.79 Å². The standard InChI is InChI=1S/C23H29ClN2OS/c1-23(2,3)17-7-10-19(11-8-17)28-16-22(27)25-20-15-18(24)9-12-21(20)26-13-5-4-6-14-26/h7-12,15H,4-6,13-14,16H2,1-3H3,(H,25,27). The molecule has 0 saturated carbocycles. The number of anilines is 2. The highest BCUT2D eigenvalue weighted by Crippen LogP contribution is 2.32. The number of nitrogens with one attached hydrogen (secondary N) is 1. The molecule has 0 aromatic heterocycles. The summed E-state index contributed by atoms with van der Waals surface area (Å²) in [6, 6.07) is 14.2. The number of nitrogens with zero attached hydrogens (tertiary/aromatic N) is 1. The van der Waals surface area contributed by atoms with Gasteiger partial charge in [0.05, 0.1) is 17.1 Å². The molecule has 1 aliphatic heterocycles. The summed E-state index contributed by atoms with van der Waals surface area (Å²) in [4.78, 5) is 16.0. The molecule has 0 spiro atoms. The quantitative estimate of drug-likeness (QED) is 0.575. The van der Waals surface area contributed by atoms with Crippen LogP contribution in [0.4, 0.5) is 11.4 Å². The zero-order valence-corrected chi connectivity index (χ0v) is 18.5. The van der Waals surface area contributed by atoms with Crippen LogP contribution in [-0.4, -0.2) is 24.7 Å². The minimum atomic E-state index is -0.00887. The molecule has 0 bridgehead atoms. The van der Waals surface area contributed by atoms with Crippen LogP contribution in [-0.2, 0) is 10.2 Å². The second-order valence-corrected chi connectivity index (χ2v) is 9.81. The van der Waals surface area contributed by atoms with Crippen molar-refractivity contribution >= 4 is 40.6 Å². The fraction of sp³-hybridized carbons (Fsp3) is 0.435. The number of amides is 1. The van der Waals surface area contributed by atoms with E-state index in [1.165, 1.54) is 24.8 Å². The fourth-order valence-electron chi connectivity index (χ4n) is 3.41. The third-order valence-corrected chi connectivity index (χ3v) is 6.27. The number of carbonyl (C=O) groups is 1. The van der Waals surface area contributed by atoms with Gasteiger partial charge >= 0.3 is 0 Å². The summed E-state index contributed by atoms with van der Waals surface area (Å²) in [5.74, 6) is 0.367. The Morgan fingerprint density at radius 3 is 2.39 bits per heavy atom. The lowest BCUT2D eigenvalue weighted by Crippen LogP contribution is -2.30. The summed E-state index contributed by atoms with van der Waals surface area (Å²) in [5, 5.41) is 3.71. The van der Waals surface area contributed by atoms with Crippen molar-refractivity contribution in [1.82, 2.24) is 0 Å². The van der Waals surface area contributed by atoms with Crippen molar-refractivity contribution in [3.63, 3.8) is 0 Å². The molecule has 0 radical (unpaired) electrons. The maximum Gasteiger partial charge on any atom is 0.234 e. The van der Waals surface area contributed by atoms with Crippen molar-refractivity contribution in [3.8, 4) is 0 Å². The molecule has 150 valence electrons. The molecule has 2 aromatic carbocycles. The number of benzene rings is 2. The maximum atomic E-state index is 12.6. The van der Waals surface area contributed by atoms with Gasteiger partial charge in [-0.05, 0) is 60.6 Å². The van der Waals surface area contributed by atoms with Crippen molar-refractivity contribution in [3.05, 3.63) is 53.1 Å². The smallest absolute Gasteiger partial charge is 0.234 e. The van der Waals surface area contributed by atoms with Crippen LogP contribution in [0.15, 0.2) is 47.4 Å². The first-order valence-electron chi connectivity index (χ1n) is 9.90. The van der Waals surface area contributed by atoms with Crippen LogP contribution in [0.5, 0.6) is 0 Å². The predicted octanol–water partition coefficient (Wildman–Crippen LogP) is 6.36. The predicted molar refractivity (Wildman–Crippen MR) is 122 cm³/mol. The number of rotatable bonds is 5. The zero-order chi connectivity index (χ0) is 20.1. The summed E-state index contributed by atoms with van der Waals surface area (Å²) in [5.41, 5.74) is 3.31. The van der Waals surface area contributed by atoms with Crippen LogP contribution in [0.25, 0.3) is 0 Å². The summed E-state index contributed by atoms with van der Waals surface area (Å²) < 4.78 is 0. The minimum absolute atomic E-state index is 0.00887. The minimum Gasteiger partial charge on any atom is -0.370 e. The van der Waals surface area contributed by atoms with E-state index in [2.05, 4.69) is 55.3 Å². The van der Waals surface area contributed by atoms with Crippen LogP contribution in [0.3, 0.4) is 0 Å². The summed E-state index contributed by atoms with van der Waals surface area (Å²) >= 11 is 7.74. The maximum absolute atomic E-state index is 12.6. The SMILES string of the molecule is CC(C)(C)c1ccc(SCC(=O)Nc2cc(Cl)ccc2N2CCCCC2)cc1. The summed E-state index contributed by atoms with van der Waals surface area (Å²) in [7, 11) is 0.